The number of benzene rings is 9. The van der Waals surface area contributed by atoms with E-state index in [1.165, 1.54) is 11.1 Å². The van der Waals surface area contributed by atoms with Crippen LogP contribution in [0.25, 0.3) is 111 Å². The Bertz CT molecular complexity index is 3850. The van der Waals surface area contributed by atoms with Crippen LogP contribution < -0.4 is 0 Å². The van der Waals surface area contributed by atoms with Crippen molar-refractivity contribution in [1.29, 1.82) is 5.26 Å². The maximum atomic E-state index is 11.3. The van der Waals surface area contributed by atoms with Crippen LogP contribution in [0.5, 0.6) is 0 Å². The van der Waals surface area contributed by atoms with Gasteiger partial charge in [-0.25, -0.2) is 15.0 Å². The number of rotatable bonds is 7. The first kappa shape index (κ1) is 38.7. The van der Waals surface area contributed by atoms with Crippen molar-refractivity contribution in [2.75, 3.05) is 0 Å². The first-order chi connectivity index (χ1) is 32.5. The number of fused-ring (bicyclic) bond motifs is 6. The number of hydrogen-bond acceptors (Lipinski definition) is 4. The lowest BCUT2D eigenvalue weighted by atomic mass is 10.0. The molecule has 6 heteroatoms. The molecule has 12 aromatic rings. The molecule has 3 heterocycles. The highest BCUT2D eigenvalue weighted by Crippen LogP contribution is 2.42. The standard InChI is InChI=1S/C60H40N6/c1-38-15-13-21-42(31-38)44-27-29-54-49(33-44)47-23-9-11-25-52(47)65(54)56-36-51(60-63-58(40-17-5-3-6-18-40)62-59(64-60)41-19-7-4-8-20-41)57(35-46(56)37-61)66-53-26-12-10-24-48(53)50-34-45(28-30-55(50)66)43-22-14-16-39(2)32-43/h3-36H,1-2H3. The summed E-state index contributed by atoms with van der Waals surface area (Å²) in [5, 5.41) is 15.8. The Morgan fingerprint density at radius 1 is 0.348 bits per heavy atom. The van der Waals surface area contributed by atoms with Gasteiger partial charge in [0, 0.05) is 38.2 Å². The molecule has 0 saturated carbocycles. The van der Waals surface area contributed by atoms with Gasteiger partial charge in [0.15, 0.2) is 17.5 Å². The van der Waals surface area contributed by atoms with Gasteiger partial charge in [-0.05, 0) is 84.6 Å². The zero-order valence-electron chi connectivity index (χ0n) is 36.3. The molecule has 0 spiro atoms. The minimum atomic E-state index is 0.494. The fourth-order valence-electron chi connectivity index (χ4n) is 9.62. The molecule has 0 radical (unpaired) electrons. The number of nitrogens with zero attached hydrogens (tertiary/aromatic N) is 6. The normalized spacial score (nSPS) is 11.5. The fraction of sp³-hybridized carbons (Fsp3) is 0.0333. The van der Waals surface area contributed by atoms with E-state index < -0.39 is 0 Å². The predicted octanol–water partition coefficient (Wildman–Crippen LogP) is 14.9. The summed E-state index contributed by atoms with van der Waals surface area (Å²) in [6.07, 6.45) is 0. The Hall–Kier alpha value is -8.92. The number of para-hydroxylation sites is 2. The fourth-order valence-corrected chi connectivity index (χ4v) is 9.62. The molecule has 0 aliphatic carbocycles. The van der Waals surface area contributed by atoms with Crippen molar-refractivity contribution in [2.24, 2.45) is 0 Å². The molecule has 0 saturated heterocycles. The highest BCUT2D eigenvalue weighted by molar-refractivity contribution is 6.12. The van der Waals surface area contributed by atoms with Gasteiger partial charge in [-0.1, -0.05) is 169 Å². The van der Waals surface area contributed by atoms with E-state index in [1.54, 1.807) is 0 Å². The molecule has 0 bridgehead atoms. The third-order valence-electron chi connectivity index (χ3n) is 12.7. The van der Waals surface area contributed by atoms with E-state index in [0.717, 1.165) is 93.9 Å². The minimum Gasteiger partial charge on any atom is -0.308 e. The van der Waals surface area contributed by atoms with Crippen molar-refractivity contribution >= 4 is 43.6 Å². The Kier molecular flexibility index (Phi) is 9.22. The molecule has 0 fully saturated rings. The highest BCUT2D eigenvalue weighted by Gasteiger charge is 2.24. The summed E-state index contributed by atoms with van der Waals surface area (Å²) in [5.41, 5.74) is 15.6. The molecule has 0 N–H and O–H groups in total. The molecule has 3 aromatic heterocycles. The van der Waals surface area contributed by atoms with Gasteiger partial charge < -0.3 is 9.13 Å². The predicted molar refractivity (Wildman–Crippen MR) is 270 cm³/mol. The van der Waals surface area contributed by atoms with Gasteiger partial charge in [-0.3, -0.25) is 0 Å². The topological polar surface area (TPSA) is 72.3 Å². The van der Waals surface area contributed by atoms with Crippen molar-refractivity contribution in [3.8, 4) is 73.9 Å². The van der Waals surface area contributed by atoms with Gasteiger partial charge in [0.2, 0.25) is 0 Å². The molecule has 0 aliphatic rings. The minimum absolute atomic E-state index is 0.494. The van der Waals surface area contributed by atoms with Gasteiger partial charge in [-0.2, -0.15) is 5.26 Å². The molecule has 9 aromatic carbocycles. The molecule has 0 unspecified atom stereocenters. The van der Waals surface area contributed by atoms with Gasteiger partial charge in [0.05, 0.1) is 39.0 Å². The van der Waals surface area contributed by atoms with Crippen LogP contribution in [0, 0.1) is 25.2 Å². The second kappa shape index (κ2) is 15.7. The number of hydrogen-bond donors (Lipinski definition) is 0. The summed E-state index contributed by atoms with van der Waals surface area (Å²) >= 11 is 0. The van der Waals surface area contributed by atoms with Crippen LogP contribution in [0.3, 0.4) is 0 Å². The number of aromatic nitrogens is 5. The van der Waals surface area contributed by atoms with E-state index in [0.29, 0.717) is 23.0 Å². The zero-order chi connectivity index (χ0) is 44.3. The van der Waals surface area contributed by atoms with E-state index in [9.17, 15) is 5.26 Å². The average Bonchev–Trinajstić information content (AvgIpc) is 3.88. The van der Waals surface area contributed by atoms with E-state index in [4.69, 9.17) is 15.0 Å². The molecule has 12 rings (SSSR count). The lowest BCUT2D eigenvalue weighted by molar-refractivity contribution is 1.06. The molecule has 0 amide bonds. The lowest BCUT2D eigenvalue weighted by Crippen LogP contribution is -2.07. The first-order valence-electron chi connectivity index (χ1n) is 22.2. The van der Waals surface area contributed by atoms with Crippen LogP contribution in [-0.4, -0.2) is 24.1 Å². The summed E-state index contributed by atoms with van der Waals surface area (Å²) in [7, 11) is 0. The molecular formula is C60H40N6. The molecule has 0 aliphatic heterocycles. The van der Waals surface area contributed by atoms with Crippen molar-refractivity contribution in [3.05, 3.63) is 223 Å². The van der Waals surface area contributed by atoms with Crippen LogP contribution in [0.4, 0.5) is 0 Å². The van der Waals surface area contributed by atoms with Gasteiger partial charge in [-0.15, -0.1) is 0 Å². The first-order valence-corrected chi connectivity index (χ1v) is 22.2. The van der Waals surface area contributed by atoms with Crippen LogP contribution in [0.1, 0.15) is 16.7 Å². The van der Waals surface area contributed by atoms with Crippen molar-refractivity contribution < 1.29 is 0 Å². The average molecular weight is 845 g/mol. The van der Waals surface area contributed by atoms with Crippen molar-refractivity contribution in [2.45, 2.75) is 13.8 Å². The van der Waals surface area contributed by atoms with Crippen LogP contribution in [0.2, 0.25) is 0 Å². The van der Waals surface area contributed by atoms with E-state index in [1.807, 2.05) is 66.7 Å². The van der Waals surface area contributed by atoms with Crippen molar-refractivity contribution in [1.82, 2.24) is 24.1 Å². The Balaban J connectivity index is 1.18. The number of aryl methyl sites for hydroxylation is 2. The zero-order valence-corrected chi connectivity index (χ0v) is 36.3. The molecule has 6 nitrogen and oxygen atoms in total. The highest BCUT2D eigenvalue weighted by atomic mass is 15.1. The van der Waals surface area contributed by atoms with Gasteiger partial charge in [0.1, 0.15) is 6.07 Å². The third kappa shape index (κ3) is 6.53. The van der Waals surface area contributed by atoms with E-state index in [2.05, 4.69) is 169 Å². The largest absolute Gasteiger partial charge is 0.308 e. The Morgan fingerprint density at radius 3 is 1.27 bits per heavy atom. The maximum absolute atomic E-state index is 11.3. The van der Waals surface area contributed by atoms with E-state index in [-0.39, 0.29) is 0 Å². The van der Waals surface area contributed by atoms with Crippen LogP contribution in [0.15, 0.2) is 206 Å². The summed E-state index contributed by atoms with van der Waals surface area (Å²) in [6.45, 7) is 4.25. The second-order valence-corrected chi connectivity index (χ2v) is 16.9. The van der Waals surface area contributed by atoms with Crippen LogP contribution >= 0.6 is 0 Å². The quantitative estimate of drug-likeness (QED) is 0.160. The lowest BCUT2D eigenvalue weighted by Gasteiger charge is -2.19. The Morgan fingerprint density at radius 2 is 0.773 bits per heavy atom. The molecular weight excluding hydrogens is 805 g/mol. The third-order valence-corrected chi connectivity index (χ3v) is 12.7. The van der Waals surface area contributed by atoms with Crippen molar-refractivity contribution in [3.63, 3.8) is 0 Å². The van der Waals surface area contributed by atoms with E-state index >= 15 is 0 Å². The summed E-state index contributed by atoms with van der Waals surface area (Å²) in [4.78, 5) is 15.7. The molecule has 0 atom stereocenters. The second-order valence-electron chi connectivity index (χ2n) is 16.9. The molecule has 310 valence electrons. The maximum Gasteiger partial charge on any atom is 0.166 e. The summed E-state index contributed by atoms with van der Waals surface area (Å²) in [5.74, 6) is 1.61. The summed E-state index contributed by atoms with van der Waals surface area (Å²) in [6, 6.07) is 74.4. The Labute approximate surface area is 382 Å². The summed E-state index contributed by atoms with van der Waals surface area (Å²) < 4.78 is 4.51. The molecule has 66 heavy (non-hydrogen) atoms. The van der Waals surface area contributed by atoms with Crippen LogP contribution in [-0.2, 0) is 0 Å². The monoisotopic (exact) mass is 844 g/mol. The smallest absolute Gasteiger partial charge is 0.166 e. The number of nitriles is 1. The SMILES string of the molecule is Cc1cccc(-c2ccc3c(c2)c2ccccc2n3-c2cc(-c3nc(-c4ccccc4)nc(-c4ccccc4)n3)c(-n3c4ccccc4c4cc(-c5cccc(C)c5)ccc43)cc2C#N)c1. The van der Waals surface area contributed by atoms with Gasteiger partial charge in [0.25, 0.3) is 0 Å². The van der Waals surface area contributed by atoms with Gasteiger partial charge >= 0.3 is 0 Å².